The second-order valence-corrected chi connectivity index (χ2v) is 9.56. The number of aliphatic hydroxyl groups excluding tert-OH is 1. The van der Waals surface area contributed by atoms with Gasteiger partial charge in [-0.2, -0.15) is 0 Å². The van der Waals surface area contributed by atoms with Crippen molar-refractivity contribution in [1.29, 1.82) is 0 Å². The van der Waals surface area contributed by atoms with Crippen LogP contribution in [0.1, 0.15) is 59.4 Å². The second-order valence-electron chi connectivity index (χ2n) is 8.50. The first-order chi connectivity index (χ1) is 14.5. The number of anilines is 1. The van der Waals surface area contributed by atoms with E-state index in [1.54, 1.807) is 11.8 Å². The van der Waals surface area contributed by atoms with Gasteiger partial charge in [-0.25, -0.2) is 14.6 Å². The first kappa shape index (κ1) is 21.7. The van der Waals surface area contributed by atoms with E-state index in [4.69, 9.17) is 19.4 Å². The Morgan fingerprint density at radius 1 is 1.20 bits per heavy atom. The Labute approximate surface area is 181 Å². The molecule has 1 aliphatic heterocycles. The van der Waals surface area contributed by atoms with Crippen molar-refractivity contribution in [2.45, 2.75) is 82.6 Å². The lowest BCUT2D eigenvalue weighted by atomic mass is 10.1. The minimum atomic E-state index is -0.679. The normalized spacial score (nSPS) is 27.6. The van der Waals surface area contributed by atoms with E-state index >= 15 is 0 Å². The van der Waals surface area contributed by atoms with Gasteiger partial charge < -0.3 is 19.9 Å². The largest absolute Gasteiger partial charge is 0.396 e. The van der Waals surface area contributed by atoms with E-state index in [-0.39, 0.29) is 30.8 Å². The summed E-state index contributed by atoms with van der Waals surface area (Å²) in [6.07, 6.45) is 3.56. The highest BCUT2D eigenvalue weighted by atomic mass is 32.2. The molecule has 0 aromatic carbocycles. The topological polar surface area (TPSA) is 107 Å². The van der Waals surface area contributed by atoms with Crippen LogP contribution >= 0.6 is 11.8 Å². The fraction of sp³-hybridized carbons (Fsp3) is 0.800. The molecule has 166 valence electrons. The lowest BCUT2D eigenvalue weighted by molar-refractivity contribution is -0.162. The number of ether oxygens (including phenoxy) is 2. The number of nitrogens with zero attached hydrogens (tertiary/aromatic N) is 5. The lowest BCUT2D eigenvalue weighted by Gasteiger charge is -2.23. The van der Waals surface area contributed by atoms with Gasteiger partial charge >= 0.3 is 0 Å². The van der Waals surface area contributed by atoms with E-state index in [2.05, 4.69) is 29.5 Å². The molecule has 3 heterocycles. The van der Waals surface area contributed by atoms with Crippen molar-refractivity contribution in [3.8, 4) is 0 Å². The number of fused-ring (bicyclic) bond motifs is 2. The number of thioether (sulfide) groups is 1. The first-order valence-electron chi connectivity index (χ1n) is 10.9. The third-order valence-corrected chi connectivity index (χ3v) is 6.71. The summed E-state index contributed by atoms with van der Waals surface area (Å²) in [6.45, 7) is 9.01. The quantitative estimate of drug-likeness (QED) is 0.348. The van der Waals surface area contributed by atoms with Crippen LogP contribution in [-0.2, 0) is 9.47 Å². The highest BCUT2D eigenvalue weighted by molar-refractivity contribution is 7.99. The van der Waals surface area contributed by atoms with Crippen molar-refractivity contribution in [2.75, 3.05) is 24.2 Å². The lowest BCUT2D eigenvalue weighted by Crippen LogP contribution is -2.28. The summed E-state index contributed by atoms with van der Waals surface area (Å²) < 4.78 is 14.2. The number of unbranched alkanes of at least 4 members (excludes halogenated alkanes) is 1. The molecule has 0 bridgehead atoms. The third-order valence-electron chi connectivity index (χ3n) is 5.66. The van der Waals surface area contributed by atoms with Crippen LogP contribution in [0.4, 0.5) is 5.82 Å². The summed E-state index contributed by atoms with van der Waals surface area (Å²) in [6, 6.07) is -0.0960. The standard InChI is InChI=1S/C20H32N6O3S/c1-5-7-8-21-17-14-18(23-19(22-17)30-9-6-2)26(25-24-14)13-10-12(11-27)15-16(13)29-20(3,4)28-15/h12-13,15-16,27H,5-11H2,1-4H3,(H,21,22,23)/t12-,13-,15-,16+/m1/s1. The smallest absolute Gasteiger partial charge is 0.191 e. The number of rotatable bonds is 9. The van der Waals surface area contributed by atoms with Gasteiger partial charge in [0.25, 0.3) is 0 Å². The Balaban J connectivity index is 1.71. The fourth-order valence-electron chi connectivity index (χ4n) is 4.27. The zero-order valence-corrected chi connectivity index (χ0v) is 19.0. The first-order valence-corrected chi connectivity index (χ1v) is 11.9. The third kappa shape index (κ3) is 4.15. The molecule has 4 rings (SSSR count). The molecule has 1 saturated heterocycles. The number of hydrogen-bond donors (Lipinski definition) is 2. The number of nitrogens with one attached hydrogen (secondary N) is 1. The molecule has 2 aliphatic rings. The molecule has 1 saturated carbocycles. The zero-order valence-electron chi connectivity index (χ0n) is 18.2. The van der Waals surface area contributed by atoms with Gasteiger partial charge in [0.05, 0.1) is 12.1 Å². The van der Waals surface area contributed by atoms with Crippen LogP contribution in [0.5, 0.6) is 0 Å². The SMILES string of the molecule is CCCCNc1nc(SCCC)nc2c1nnn2[C@@H]1C[C@H](CO)[C@H]2OC(C)(C)O[C@H]21. The summed E-state index contributed by atoms with van der Waals surface area (Å²) in [4.78, 5) is 9.50. The van der Waals surface area contributed by atoms with E-state index in [1.165, 1.54) is 0 Å². The Morgan fingerprint density at radius 2 is 2.00 bits per heavy atom. The summed E-state index contributed by atoms with van der Waals surface area (Å²) in [7, 11) is 0. The highest BCUT2D eigenvalue weighted by Gasteiger charge is 2.55. The minimum Gasteiger partial charge on any atom is -0.396 e. The van der Waals surface area contributed by atoms with Crippen LogP contribution in [0.3, 0.4) is 0 Å². The average Bonchev–Trinajstić information content (AvgIpc) is 3.36. The molecule has 4 atom stereocenters. The highest BCUT2D eigenvalue weighted by Crippen LogP contribution is 2.47. The predicted octanol–water partition coefficient (Wildman–Crippen LogP) is 3.01. The van der Waals surface area contributed by atoms with Gasteiger partial charge in [0.1, 0.15) is 6.10 Å². The molecule has 2 aromatic rings. The summed E-state index contributed by atoms with van der Waals surface area (Å²) in [5.41, 5.74) is 1.38. The minimum absolute atomic E-state index is 0.000973. The molecule has 9 nitrogen and oxygen atoms in total. The van der Waals surface area contributed by atoms with Gasteiger partial charge in [-0.15, -0.1) is 5.10 Å². The van der Waals surface area contributed by atoms with Gasteiger partial charge in [-0.05, 0) is 33.1 Å². The second kappa shape index (κ2) is 8.94. The van der Waals surface area contributed by atoms with Crippen LogP contribution in [-0.4, -0.2) is 67.0 Å². The average molecular weight is 437 g/mol. The van der Waals surface area contributed by atoms with Crippen LogP contribution in [0.25, 0.3) is 11.2 Å². The van der Waals surface area contributed by atoms with Gasteiger partial charge in [0.2, 0.25) is 0 Å². The molecular weight excluding hydrogens is 404 g/mol. The van der Waals surface area contributed by atoms with Crippen molar-refractivity contribution >= 4 is 28.7 Å². The zero-order chi connectivity index (χ0) is 21.3. The number of aliphatic hydroxyl groups is 1. The van der Waals surface area contributed by atoms with Crippen molar-refractivity contribution in [1.82, 2.24) is 25.0 Å². The Bertz CT molecular complexity index is 876. The van der Waals surface area contributed by atoms with E-state index in [1.807, 2.05) is 18.5 Å². The molecule has 2 N–H and O–H groups in total. The van der Waals surface area contributed by atoms with Gasteiger partial charge in [-0.3, -0.25) is 0 Å². The van der Waals surface area contributed by atoms with E-state index in [9.17, 15) is 5.11 Å². The van der Waals surface area contributed by atoms with Crippen molar-refractivity contribution in [3.05, 3.63) is 0 Å². The fourth-order valence-corrected chi connectivity index (χ4v) is 4.97. The van der Waals surface area contributed by atoms with Crippen LogP contribution < -0.4 is 5.32 Å². The molecular formula is C20H32N6O3S. The monoisotopic (exact) mass is 436 g/mol. The predicted molar refractivity (Wildman–Crippen MR) is 116 cm³/mol. The van der Waals surface area contributed by atoms with E-state index in [0.717, 1.165) is 42.5 Å². The van der Waals surface area contributed by atoms with Gasteiger partial charge in [0.15, 0.2) is 27.9 Å². The van der Waals surface area contributed by atoms with Gasteiger partial charge in [0, 0.05) is 24.8 Å². The molecule has 0 unspecified atom stereocenters. The molecule has 30 heavy (non-hydrogen) atoms. The van der Waals surface area contributed by atoms with Crippen molar-refractivity contribution in [2.24, 2.45) is 5.92 Å². The van der Waals surface area contributed by atoms with E-state index < -0.39 is 5.79 Å². The van der Waals surface area contributed by atoms with Crippen LogP contribution in [0, 0.1) is 5.92 Å². The Kier molecular flexibility index (Phi) is 6.47. The maximum atomic E-state index is 9.90. The molecule has 0 radical (unpaired) electrons. The van der Waals surface area contributed by atoms with Gasteiger partial charge in [-0.1, -0.05) is 37.2 Å². The van der Waals surface area contributed by atoms with Crippen molar-refractivity contribution < 1.29 is 14.6 Å². The molecule has 0 amide bonds. The van der Waals surface area contributed by atoms with E-state index in [0.29, 0.717) is 17.6 Å². The molecule has 2 aromatic heterocycles. The van der Waals surface area contributed by atoms with Crippen molar-refractivity contribution in [3.63, 3.8) is 0 Å². The summed E-state index contributed by atoms with van der Waals surface area (Å²) in [5, 5.41) is 22.9. The number of aromatic nitrogens is 5. The number of hydrogen-bond acceptors (Lipinski definition) is 9. The molecule has 10 heteroatoms. The summed E-state index contributed by atoms with van der Waals surface area (Å²) in [5.74, 6) is 1.00. The maximum Gasteiger partial charge on any atom is 0.191 e. The molecule has 2 fully saturated rings. The maximum absolute atomic E-state index is 9.90. The molecule has 1 aliphatic carbocycles. The Morgan fingerprint density at radius 3 is 2.73 bits per heavy atom. The summed E-state index contributed by atoms with van der Waals surface area (Å²) >= 11 is 1.64. The molecule has 0 spiro atoms. The Hall–Kier alpha value is -1.49. The van der Waals surface area contributed by atoms with Crippen LogP contribution in [0.2, 0.25) is 0 Å². The van der Waals surface area contributed by atoms with Crippen LogP contribution in [0.15, 0.2) is 5.16 Å².